The van der Waals surface area contributed by atoms with E-state index in [0.717, 1.165) is 56.1 Å². The predicted octanol–water partition coefficient (Wildman–Crippen LogP) is 4.16. The number of hydrogen-bond acceptors (Lipinski definition) is 6. The molecular formula is C30H51N5O. The first-order valence-corrected chi connectivity index (χ1v) is 15.7. The minimum Gasteiger partial charge on any atom is -0.362 e. The lowest BCUT2D eigenvalue weighted by molar-refractivity contribution is 0.0184. The average Bonchev–Trinajstić information content (AvgIpc) is 3.72. The van der Waals surface area contributed by atoms with Crippen molar-refractivity contribution in [2.24, 2.45) is 23.7 Å². The van der Waals surface area contributed by atoms with E-state index >= 15 is 0 Å². The fraction of sp³-hybridized carbons (Fsp3) is 0.933. The Kier molecular flexibility index (Phi) is 7.80. The van der Waals surface area contributed by atoms with Crippen molar-refractivity contribution >= 4 is 5.94 Å². The molecule has 0 aromatic carbocycles. The number of likely N-dealkylation sites (tertiary alicyclic amines) is 1. The summed E-state index contributed by atoms with van der Waals surface area (Å²) in [6, 6.07) is 2.48. The summed E-state index contributed by atoms with van der Waals surface area (Å²) in [6.45, 7) is 5.33. The van der Waals surface area contributed by atoms with Crippen molar-refractivity contribution in [3.63, 3.8) is 0 Å². The molecule has 0 aromatic heterocycles. The lowest BCUT2D eigenvalue weighted by Gasteiger charge is -2.49. The highest BCUT2D eigenvalue weighted by Crippen LogP contribution is 2.48. The summed E-state index contributed by atoms with van der Waals surface area (Å²) in [4.78, 5) is 17.5. The van der Waals surface area contributed by atoms with Gasteiger partial charge in [-0.2, -0.15) is 0 Å². The normalized spacial score (nSPS) is 41.6. The summed E-state index contributed by atoms with van der Waals surface area (Å²) in [5.74, 6) is 5.58. The summed E-state index contributed by atoms with van der Waals surface area (Å²) in [6.07, 6.45) is 18.9. The lowest BCUT2D eigenvalue weighted by atomic mass is 9.77. The molecule has 0 bridgehead atoms. The van der Waals surface area contributed by atoms with Gasteiger partial charge in [0.2, 0.25) is 0 Å². The zero-order chi connectivity index (χ0) is 24.6. The van der Waals surface area contributed by atoms with Gasteiger partial charge in [-0.15, -0.1) is 0 Å². The smallest absolute Gasteiger partial charge is 0.146 e. The molecule has 3 aliphatic carbocycles. The second kappa shape index (κ2) is 11.1. The third kappa shape index (κ3) is 4.94. The standard InChI is InChI=1S/C30H51N5O/c1-3-17-33(2)29-15-12-23(19-31-29)28(20-36)34-18-16-27-30-25(6-4-5-7-26(30)34)32-35(27)24-13-10-22(11-14-24)21-8-9-21/h21-27,29-32H,3-19H2,1-2H3. The molecule has 0 spiro atoms. The maximum absolute atomic E-state index is 12.5. The van der Waals surface area contributed by atoms with Gasteiger partial charge in [0.15, 0.2) is 0 Å². The van der Waals surface area contributed by atoms with Gasteiger partial charge in [-0.05, 0) is 102 Å². The molecule has 0 aromatic rings. The van der Waals surface area contributed by atoms with Crippen molar-refractivity contribution in [3.8, 4) is 0 Å². The van der Waals surface area contributed by atoms with Crippen LogP contribution >= 0.6 is 0 Å². The second-order valence-corrected chi connectivity index (χ2v) is 13.2. The maximum atomic E-state index is 12.5. The third-order valence-electron chi connectivity index (χ3n) is 11.1. The third-order valence-corrected chi connectivity index (χ3v) is 11.1. The Morgan fingerprint density at radius 3 is 2.33 bits per heavy atom. The molecule has 3 heterocycles. The van der Waals surface area contributed by atoms with E-state index in [9.17, 15) is 4.79 Å². The Morgan fingerprint density at radius 2 is 1.67 bits per heavy atom. The Morgan fingerprint density at radius 1 is 0.917 bits per heavy atom. The summed E-state index contributed by atoms with van der Waals surface area (Å²) in [5.41, 5.74) is 5.09. The molecule has 6 fully saturated rings. The summed E-state index contributed by atoms with van der Waals surface area (Å²) >= 11 is 0. The first-order chi connectivity index (χ1) is 17.7. The van der Waals surface area contributed by atoms with Gasteiger partial charge in [0.25, 0.3) is 0 Å². The number of nitrogens with zero attached hydrogens (tertiary/aromatic N) is 3. The Bertz CT molecular complexity index is 793. The minimum absolute atomic E-state index is 0.315. The van der Waals surface area contributed by atoms with Crippen LogP contribution in [-0.2, 0) is 4.79 Å². The average molecular weight is 498 g/mol. The van der Waals surface area contributed by atoms with Crippen LogP contribution in [-0.4, -0.2) is 77.8 Å². The number of hydrazine groups is 1. The van der Waals surface area contributed by atoms with Crippen LogP contribution in [0.2, 0.25) is 0 Å². The van der Waals surface area contributed by atoms with Gasteiger partial charge >= 0.3 is 0 Å². The summed E-state index contributed by atoms with van der Waals surface area (Å²) < 4.78 is 0. The number of rotatable bonds is 7. The van der Waals surface area contributed by atoms with Gasteiger partial charge in [0.1, 0.15) is 11.6 Å². The van der Waals surface area contributed by atoms with Crippen molar-refractivity contribution in [2.45, 2.75) is 127 Å². The van der Waals surface area contributed by atoms with Gasteiger partial charge in [0, 0.05) is 49.1 Å². The summed E-state index contributed by atoms with van der Waals surface area (Å²) in [7, 11) is 2.23. The van der Waals surface area contributed by atoms with Gasteiger partial charge in [-0.25, -0.2) is 9.80 Å². The highest BCUT2D eigenvalue weighted by Gasteiger charge is 2.53. The highest BCUT2D eigenvalue weighted by molar-refractivity contribution is 5.53. The molecule has 6 aliphatic rings. The van der Waals surface area contributed by atoms with Gasteiger partial charge in [-0.3, -0.25) is 10.3 Å². The summed E-state index contributed by atoms with van der Waals surface area (Å²) in [5, 5.41) is 6.54. The molecule has 3 aliphatic heterocycles. The van der Waals surface area contributed by atoms with Crippen molar-refractivity contribution in [1.29, 1.82) is 0 Å². The van der Waals surface area contributed by atoms with E-state index < -0.39 is 0 Å². The molecule has 0 radical (unpaired) electrons. The van der Waals surface area contributed by atoms with Crippen LogP contribution in [0.5, 0.6) is 0 Å². The van der Waals surface area contributed by atoms with E-state index in [1.807, 2.05) is 0 Å². The predicted molar refractivity (Wildman–Crippen MR) is 145 cm³/mol. The Labute approximate surface area is 219 Å². The van der Waals surface area contributed by atoms with Gasteiger partial charge in [-0.1, -0.05) is 19.8 Å². The number of nitrogens with one attached hydrogen (secondary N) is 2. The molecule has 2 N–H and O–H groups in total. The van der Waals surface area contributed by atoms with Crippen molar-refractivity contribution in [1.82, 2.24) is 25.6 Å². The number of carbonyl (C=O) groups excluding carboxylic acids is 1. The molecule has 3 saturated heterocycles. The van der Waals surface area contributed by atoms with E-state index in [1.165, 1.54) is 77.0 Å². The Balaban J connectivity index is 1.13. The van der Waals surface area contributed by atoms with E-state index in [2.05, 4.69) is 45.5 Å². The van der Waals surface area contributed by atoms with Crippen LogP contribution in [0.25, 0.3) is 0 Å². The molecule has 0 amide bonds. The zero-order valence-corrected chi connectivity index (χ0v) is 23.0. The Hall–Kier alpha value is -0.910. The molecule has 3 saturated carbocycles. The number of piperidine rings is 2. The van der Waals surface area contributed by atoms with E-state index in [0.29, 0.717) is 36.1 Å². The number of hydrogen-bond donors (Lipinski definition) is 2. The van der Waals surface area contributed by atoms with E-state index in [4.69, 9.17) is 0 Å². The quantitative estimate of drug-likeness (QED) is 0.515. The van der Waals surface area contributed by atoms with Crippen LogP contribution in [0, 0.1) is 23.7 Å². The molecule has 6 atom stereocenters. The molecule has 36 heavy (non-hydrogen) atoms. The molecule has 6 heteroatoms. The molecule has 202 valence electrons. The minimum atomic E-state index is 0.315. The van der Waals surface area contributed by atoms with E-state index in [-0.39, 0.29) is 0 Å². The topological polar surface area (TPSA) is 50.9 Å². The molecule has 6 unspecified atom stereocenters. The zero-order valence-electron chi connectivity index (χ0n) is 23.0. The lowest BCUT2D eigenvalue weighted by Crippen LogP contribution is -2.57. The molecule has 6 nitrogen and oxygen atoms in total. The van der Waals surface area contributed by atoms with Crippen LogP contribution in [0.15, 0.2) is 5.70 Å². The first-order valence-electron chi connectivity index (χ1n) is 15.7. The first kappa shape index (κ1) is 25.4. The van der Waals surface area contributed by atoms with Crippen molar-refractivity contribution < 1.29 is 4.79 Å². The fourth-order valence-electron chi connectivity index (χ4n) is 9.08. The van der Waals surface area contributed by atoms with Crippen molar-refractivity contribution in [2.75, 3.05) is 26.7 Å². The van der Waals surface area contributed by atoms with Gasteiger partial charge < -0.3 is 10.2 Å². The van der Waals surface area contributed by atoms with Crippen LogP contribution < -0.4 is 10.7 Å². The fourth-order valence-corrected chi connectivity index (χ4v) is 9.08. The largest absolute Gasteiger partial charge is 0.362 e. The SMILES string of the molecule is CCCN(C)C1CCC(C(=C=O)N2CCC3C4C(CCCCC42)NN3C2CCC(C3CC3)CC2)CN1. The molecular weight excluding hydrogens is 446 g/mol. The van der Waals surface area contributed by atoms with E-state index in [1.54, 1.807) is 0 Å². The highest BCUT2D eigenvalue weighted by atomic mass is 16.1. The van der Waals surface area contributed by atoms with Crippen molar-refractivity contribution in [3.05, 3.63) is 5.70 Å². The van der Waals surface area contributed by atoms with Crippen LogP contribution in [0.4, 0.5) is 0 Å². The second-order valence-electron chi connectivity index (χ2n) is 13.2. The monoisotopic (exact) mass is 497 g/mol. The molecule has 6 rings (SSSR count). The van der Waals surface area contributed by atoms with Crippen LogP contribution in [0.3, 0.4) is 0 Å². The van der Waals surface area contributed by atoms with Crippen LogP contribution in [0.1, 0.15) is 96.8 Å². The maximum Gasteiger partial charge on any atom is 0.146 e. The van der Waals surface area contributed by atoms with Gasteiger partial charge in [0.05, 0.1) is 6.17 Å².